The lowest BCUT2D eigenvalue weighted by Crippen LogP contribution is -2.39. The Bertz CT molecular complexity index is 303. The summed E-state index contributed by atoms with van der Waals surface area (Å²) >= 11 is 0. The van der Waals surface area contributed by atoms with E-state index in [9.17, 15) is 13.2 Å². The van der Waals surface area contributed by atoms with E-state index in [4.69, 9.17) is 0 Å². The Kier molecular flexibility index (Phi) is 7.16. The number of aliphatic imine (C=N–C) groups is 1. The van der Waals surface area contributed by atoms with Gasteiger partial charge in [0, 0.05) is 20.1 Å². The van der Waals surface area contributed by atoms with E-state index in [0.717, 1.165) is 24.8 Å². The van der Waals surface area contributed by atoms with Crippen molar-refractivity contribution in [2.75, 3.05) is 20.1 Å². The quantitative estimate of drug-likeness (QED) is 0.602. The van der Waals surface area contributed by atoms with Crippen LogP contribution in [0.3, 0.4) is 0 Å². The number of halogens is 3. The minimum Gasteiger partial charge on any atom is -0.356 e. The predicted octanol–water partition coefficient (Wildman–Crippen LogP) is 3.32. The Labute approximate surface area is 119 Å². The highest BCUT2D eigenvalue weighted by Crippen LogP contribution is 2.30. The van der Waals surface area contributed by atoms with Gasteiger partial charge in [-0.2, -0.15) is 13.2 Å². The predicted molar refractivity (Wildman–Crippen MR) is 75.8 cm³/mol. The van der Waals surface area contributed by atoms with Gasteiger partial charge in [0.15, 0.2) is 5.96 Å². The first-order valence-corrected chi connectivity index (χ1v) is 7.42. The second-order valence-electron chi connectivity index (χ2n) is 5.72. The zero-order chi connectivity index (χ0) is 15.0. The van der Waals surface area contributed by atoms with E-state index in [2.05, 4.69) is 22.5 Å². The topological polar surface area (TPSA) is 36.4 Å². The van der Waals surface area contributed by atoms with E-state index in [1.807, 2.05) is 0 Å². The molecule has 1 fully saturated rings. The molecule has 3 nitrogen and oxygen atoms in total. The van der Waals surface area contributed by atoms with Crippen LogP contribution in [-0.4, -0.2) is 32.3 Å². The Morgan fingerprint density at radius 3 is 2.50 bits per heavy atom. The first kappa shape index (κ1) is 17.1. The Morgan fingerprint density at radius 2 is 1.90 bits per heavy atom. The maximum absolute atomic E-state index is 12.0. The second-order valence-corrected chi connectivity index (χ2v) is 5.72. The highest BCUT2D eigenvalue weighted by molar-refractivity contribution is 5.79. The van der Waals surface area contributed by atoms with Gasteiger partial charge in [-0.3, -0.25) is 4.99 Å². The Hall–Kier alpha value is -0.940. The van der Waals surface area contributed by atoms with Gasteiger partial charge in [0.1, 0.15) is 0 Å². The molecule has 0 radical (unpaired) electrons. The van der Waals surface area contributed by atoms with Gasteiger partial charge in [0.05, 0.1) is 6.42 Å². The van der Waals surface area contributed by atoms with E-state index in [1.54, 1.807) is 7.05 Å². The van der Waals surface area contributed by atoms with Crippen molar-refractivity contribution in [3.05, 3.63) is 0 Å². The second kappa shape index (κ2) is 8.37. The monoisotopic (exact) mass is 293 g/mol. The van der Waals surface area contributed by atoms with Crippen LogP contribution in [0, 0.1) is 11.8 Å². The molecule has 0 bridgehead atoms. The lowest BCUT2D eigenvalue weighted by molar-refractivity contribution is -0.132. The average molecular weight is 293 g/mol. The van der Waals surface area contributed by atoms with Gasteiger partial charge in [-0.25, -0.2) is 0 Å². The van der Waals surface area contributed by atoms with Crippen LogP contribution >= 0.6 is 0 Å². The van der Waals surface area contributed by atoms with E-state index in [0.29, 0.717) is 5.96 Å². The van der Waals surface area contributed by atoms with Gasteiger partial charge >= 0.3 is 6.18 Å². The van der Waals surface area contributed by atoms with Crippen molar-refractivity contribution < 1.29 is 13.2 Å². The highest BCUT2D eigenvalue weighted by Gasteiger charge is 2.26. The SMILES string of the molecule is CN=C(NCCC1CCCC(C)C1)NCCC(F)(F)F. The Balaban J connectivity index is 2.15. The van der Waals surface area contributed by atoms with Crippen LogP contribution in [0.2, 0.25) is 0 Å². The first-order valence-electron chi connectivity index (χ1n) is 7.42. The number of alkyl halides is 3. The van der Waals surface area contributed by atoms with E-state index < -0.39 is 12.6 Å². The van der Waals surface area contributed by atoms with Gasteiger partial charge in [-0.05, 0) is 24.7 Å². The van der Waals surface area contributed by atoms with Crippen molar-refractivity contribution in [3.8, 4) is 0 Å². The summed E-state index contributed by atoms with van der Waals surface area (Å²) in [4.78, 5) is 3.93. The van der Waals surface area contributed by atoms with Crippen molar-refractivity contribution >= 4 is 5.96 Å². The molecule has 0 aromatic heterocycles. The third-order valence-corrected chi connectivity index (χ3v) is 3.81. The minimum absolute atomic E-state index is 0.135. The summed E-state index contributed by atoms with van der Waals surface area (Å²) in [5.41, 5.74) is 0. The molecule has 1 rings (SSSR count). The third kappa shape index (κ3) is 7.60. The standard InChI is InChI=1S/C14H26F3N3/c1-11-4-3-5-12(10-11)6-8-19-13(18-2)20-9-7-14(15,16)17/h11-12H,3-10H2,1-2H3,(H2,18,19,20). The number of nitrogens with one attached hydrogen (secondary N) is 2. The van der Waals surface area contributed by atoms with Crippen LogP contribution in [0.25, 0.3) is 0 Å². The van der Waals surface area contributed by atoms with Crippen molar-refractivity contribution in [2.24, 2.45) is 16.8 Å². The molecule has 20 heavy (non-hydrogen) atoms. The largest absolute Gasteiger partial charge is 0.390 e. The van der Waals surface area contributed by atoms with Crippen molar-refractivity contribution in [1.82, 2.24) is 10.6 Å². The summed E-state index contributed by atoms with van der Waals surface area (Å²) in [5, 5.41) is 5.78. The maximum atomic E-state index is 12.0. The molecular weight excluding hydrogens is 267 g/mol. The summed E-state index contributed by atoms with van der Waals surface area (Å²) < 4.78 is 36.1. The molecule has 2 N–H and O–H groups in total. The average Bonchev–Trinajstić information content (AvgIpc) is 2.35. The van der Waals surface area contributed by atoms with Crippen LogP contribution < -0.4 is 10.6 Å². The molecule has 0 aromatic carbocycles. The maximum Gasteiger partial charge on any atom is 0.390 e. The zero-order valence-corrected chi connectivity index (χ0v) is 12.4. The van der Waals surface area contributed by atoms with E-state index >= 15 is 0 Å². The molecule has 0 aromatic rings. The van der Waals surface area contributed by atoms with Crippen LogP contribution in [0.5, 0.6) is 0 Å². The summed E-state index contributed by atoms with van der Waals surface area (Å²) in [5.74, 6) is 2.00. The number of guanidine groups is 1. The van der Waals surface area contributed by atoms with Crippen LogP contribution in [0.4, 0.5) is 13.2 Å². The van der Waals surface area contributed by atoms with Crippen LogP contribution in [0.1, 0.15) is 45.4 Å². The Morgan fingerprint density at radius 1 is 1.20 bits per heavy atom. The molecule has 1 aliphatic carbocycles. The van der Waals surface area contributed by atoms with Crippen molar-refractivity contribution in [3.63, 3.8) is 0 Å². The molecule has 0 amide bonds. The van der Waals surface area contributed by atoms with E-state index in [-0.39, 0.29) is 6.54 Å². The molecule has 118 valence electrons. The van der Waals surface area contributed by atoms with Crippen LogP contribution in [0.15, 0.2) is 4.99 Å². The summed E-state index contributed by atoms with van der Waals surface area (Å²) in [6.45, 7) is 2.92. The lowest BCUT2D eigenvalue weighted by atomic mass is 9.81. The molecule has 1 aliphatic rings. The number of rotatable bonds is 5. The molecule has 0 saturated heterocycles. The van der Waals surface area contributed by atoms with Gasteiger partial charge in [0.25, 0.3) is 0 Å². The van der Waals surface area contributed by atoms with E-state index in [1.165, 1.54) is 25.7 Å². The molecule has 1 saturated carbocycles. The van der Waals surface area contributed by atoms with Crippen molar-refractivity contribution in [2.45, 2.75) is 51.6 Å². The minimum atomic E-state index is -4.12. The molecule has 2 unspecified atom stereocenters. The van der Waals surface area contributed by atoms with Gasteiger partial charge in [0.2, 0.25) is 0 Å². The fraction of sp³-hybridized carbons (Fsp3) is 0.929. The smallest absolute Gasteiger partial charge is 0.356 e. The molecule has 0 heterocycles. The molecule has 6 heteroatoms. The fourth-order valence-electron chi connectivity index (χ4n) is 2.76. The number of hydrogen-bond donors (Lipinski definition) is 2. The summed E-state index contributed by atoms with van der Waals surface area (Å²) in [6.07, 6.45) is 1.26. The van der Waals surface area contributed by atoms with Crippen LogP contribution in [-0.2, 0) is 0 Å². The van der Waals surface area contributed by atoms with Gasteiger partial charge in [-0.15, -0.1) is 0 Å². The molecule has 0 aliphatic heterocycles. The number of hydrogen-bond acceptors (Lipinski definition) is 1. The highest BCUT2D eigenvalue weighted by atomic mass is 19.4. The molecule has 2 atom stereocenters. The molecular formula is C14H26F3N3. The zero-order valence-electron chi connectivity index (χ0n) is 12.4. The van der Waals surface area contributed by atoms with Gasteiger partial charge in [-0.1, -0.05) is 26.2 Å². The third-order valence-electron chi connectivity index (χ3n) is 3.81. The summed E-state index contributed by atoms with van der Waals surface area (Å²) in [6, 6.07) is 0. The van der Waals surface area contributed by atoms with Gasteiger partial charge < -0.3 is 10.6 Å². The molecule has 0 spiro atoms. The summed E-state index contributed by atoms with van der Waals surface area (Å²) in [7, 11) is 1.58. The number of nitrogens with zero attached hydrogens (tertiary/aromatic N) is 1. The fourth-order valence-corrected chi connectivity index (χ4v) is 2.76. The lowest BCUT2D eigenvalue weighted by Gasteiger charge is -2.26. The normalized spacial score (nSPS) is 24.6. The first-order chi connectivity index (χ1) is 9.40. The van der Waals surface area contributed by atoms with Crippen molar-refractivity contribution in [1.29, 1.82) is 0 Å².